The third-order valence-electron chi connectivity index (χ3n) is 17.0. The quantitative estimate of drug-likeness (QED) is 0.0534. The minimum atomic E-state index is 0.783. The molecule has 0 aliphatic carbocycles. The molecular formula is C86H76N6. The fourth-order valence-electron chi connectivity index (χ4n) is 12.3. The van der Waals surface area contributed by atoms with Crippen molar-refractivity contribution in [3.8, 4) is 0 Å². The van der Waals surface area contributed by atoms with Gasteiger partial charge in [-0.2, -0.15) is 0 Å². The molecular weight excluding hydrogens is 1120 g/mol. The second-order valence-electron chi connectivity index (χ2n) is 23.6. The standard InChI is InChI=1S/C86H76N6/c1-9-25-69(26-10-1)61-87(62-70-27-11-2-12-28-70)77-41-49-81(50-42-77)91(82-51-43-78(44-52-82)88(63-71-29-13-3-14-30-71)64-72-31-15-4-16-32-72)85-57-59-86(60-58-85)92(83-53-45-79(46-54-83)89(65-73-33-17-5-18-34-73)66-74-35-19-6-20-36-74)84-55-47-80(48-56-84)90(67-75-37-21-7-22-38-75)68-76-39-23-8-24-40-76/h1-60H,61-68H2. The van der Waals surface area contributed by atoms with Crippen LogP contribution in [0, 0.1) is 0 Å². The Morgan fingerprint density at radius 2 is 0.228 bits per heavy atom. The maximum atomic E-state index is 2.47. The summed E-state index contributed by atoms with van der Waals surface area (Å²) < 4.78 is 0. The topological polar surface area (TPSA) is 19.4 Å². The van der Waals surface area contributed by atoms with Crippen LogP contribution < -0.4 is 29.4 Å². The maximum absolute atomic E-state index is 2.47. The zero-order chi connectivity index (χ0) is 61.9. The van der Waals surface area contributed by atoms with E-state index in [9.17, 15) is 0 Å². The van der Waals surface area contributed by atoms with Crippen molar-refractivity contribution in [2.24, 2.45) is 0 Å². The number of rotatable bonds is 26. The lowest BCUT2D eigenvalue weighted by Crippen LogP contribution is -2.22. The van der Waals surface area contributed by atoms with E-state index in [1.165, 1.54) is 44.5 Å². The van der Waals surface area contributed by atoms with E-state index in [2.05, 4.69) is 393 Å². The fraction of sp³-hybridized carbons (Fsp3) is 0.0930. The minimum absolute atomic E-state index is 0.783. The van der Waals surface area contributed by atoms with Gasteiger partial charge in [-0.1, -0.05) is 243 Å². The van der Waals surface area contributed by atoms with E-state index < -0.39 is 0 Å². The van der Waals surface area contributed by atoms with Gasteiger partial charge in [-0.25, -0.2) is 0 Å². The van der Waals surface area contributed by atoms with Crippen molar-refractivity contribution in [1.29, 1.82) is 0 Å². The van der Waals surface area contributed by atoms with Crippen LogP contribution >= 0.6 is 0 Å². The van der Waals surface area contributed by atoms with E-state index >= 15 is 0 Å². The van der Waals surface area contributed by atoms with Crippen molar-refractivity contribution < 1.29 is 0 Å². The maximum Gasteiger partial charge on any atom is 0.0463 e. The Bertz CT molecular complexity index is 3570. The van der Waals surface area contributed by atoms with E-state index in [0.717, 1.165) is 109 Å². The van der Waals surface area contributed by atoms with Crippen LogP contribution in [0.1, 0.15) is 44.5 Å². The van der Waals surface area contributed by atoms with Crippen LogP contribution in [0.5, 0.6) is 0 Å². The van der Waals surface area contributed by atoms with Crippen LogP contribution in [0.25, 0.3) is 0 Å². The van der Waals surface area contributed by atoms with E-state index in [1.54, 1.807) is 0 Å². The van der Waals surface area contributed by atoms with Crippen molar-refractivity contribution in [3.63, 3.8) is 0 Å². The predicted octanol–water partition coefficient (Wildman–Crippen LogP) is 21.5. The van der Waals surface area contributed by atoms with Gasteiger partial charge >= 0.3 is 0 Å². The molecule has 0 amide bonds. The Morgan fingerprint density at radius 3 is 0.348 bits per heavy atom. The van der Waals surface area contributed by atoms with Crippen molar-refractivity contribution in [2.45, 2.75) is 52.4 Å². The van der Waals surface area contributed by atoms with Gasteiger partial charge in [0.1, 0.15) is 0 Å². The van der Waals surface area contributed by atoms with Crippen LogP contribution in [0.3, 0.4) is 0 Å². The number of hydrogen-bond donors (Lipinski definition) is 0. The van der Waals surface area contributed by atoms with Crippen LogP contribution in [-0.2, 0) is 52.4 Å². The lowest BCUT2D eigenvalue weighted by atomic mass is 10.1. The first-order chi connectivity index (χ1) is 45.6. The molecule has 0 aromatic heterocycles. The van der Waals surface area contributed by atoms with Crippen molar-refractivity contribution in [1.82, 2.24) is 0 Å². The molecule has 13 aromatic carbocycles. The van der Waals surface area contributed by atoms with Gasteiger partial charge in [0.25, 0.3) is 0 Å². The zero-order valence-corrected chi connectivity index (χ0v) is 52.0. The minimum Gasteiger partial charge on any atom is -0.363 e. The second-order valence-corrected chi connectivity index (χ2v) is 23.6. The van der Waals surface area contributed by atoms with E-state index in [-0.39, 0.29) is 0 Å². The Labute approximate surface area is 544 Å². The lowest BCUT2D eigenvalue weighted by molar-refractivity contribution is 0.800. The summed E-state index contributed by atoms with van der Waals surface area (Å²) in [6, 6.07) is 132. The summed E-state index contributed by atoms with van der Waals surface area (Å²) in [6.45, 7) is 6.27. The highest BCUT2D eigenvalue weighted by Crippen LogP contribution is 2.42. The first-order valence-corrected chi connectivity index (χ1v) is 32.0. The van der Waals surface area contributed by atoms with Gasteiger partial charge in [0.05, 0.1) is 0 Å². The van der Waals surface area contributed by atoms with Gasteiger partial charge < -0.3 is 29.4 Å². The summed E-state index contributed by atoms with van der Waals surface area (Å²) in [5, 5.41) is 0. The molecule has 0 N–H and O–H groups in total. The molecule has 0 spiro atoms. The Kier molecular flexibility index (Phi) is 19.3. The summed E-state index contributed by atoms with van der Waals surface area (Å²) in [4.78, 5) is 14.7. The summed E-state index contributed by atoms with van der Waals surface area (Å²) in [7, 11) is 0. The summed E-state index contributed by atoms with van der Waals surface area (Å²) >= 11 is 0. The molecule has 13 rings (SSSR count). The van der Waals surface area contributed by atoms with Gasteiger partial charge in [0.2, 0.25) is 0 Å². The van der Waals surface area contributed by atoms with Crippen molar-refractivity contribution in [2.75, 3.05) is 29.4 Å². The van der Waals surface area contributed by atoms with E-state index in [1.807, 2.05) is 0 Å². The molecule has 0 atom stereocenters. The first-order valence-electron chi connectivity index (χ1n) is 32.0. The third kappa shape index (κ3) is 15.6. The smallest absolute Gasteiger partial charge is 0.0463 e. The average Bonchev–Trinajstić information content (AvgIpc) is 1.26. The molecule has 0 heterocycles. The van der Waals surface area contributed by atoms with Crippen molar-refractivity contribution in [3.05, 3.63) is 408 Å². The molecule has 0 saturated heterocycles. The lowest BCUT2D eigenvalue weighted by Gasteiger charge is -2.31. The third-order valence-corrected chi connectivity index (χ3v) is 17.0. The predicted molar refractivity (Wildman–Crippen MR) is 387 cm³/mol. The highest BCUT2D eigenvalue weighted by atomic mass is 15.2. The first kappa shape index (κ1) is 59.6. The summed E-state index contributed by atoms with van der Waals surface area (Å²) in [5.74, 6) is 0. The highest BCUT2D eigenvalue weighted by Gasteiger charge is 2.21. The zero-order valence-electron chi connectivity index (χ0n) is 52.0. The van der Waals surface area contributed by atoms with Gasteiger partial charge in [-0.05, 0) is 166 Å². The molecule has 0 radical (unpaired) electrons. The van der Waals surface area contributed by atoms with Crippen LogP contribution in [-0.4, -0.2) is 0 Å². The molecule has 450 valence electrons. The monoisotopic (exact) mass is 1190 g/mol. The SMILES string of the molecule is c1ccc(CN(Cc2ccccc2)c2ccc(N(c3ccc(N(Cc4ccccc4)Cc4ccccc4)cc3)c3ccc(N(c4ccc(N(Cc5ccccc5)Cc5ccccc5)cc4)c4ccc(N(Cc5ccccc5)Cc5ccccc5)cc4)cc3)cc2)cc1. The number of hydrogen-bond acceptors (Lipinski definition) is 6. The molecule has 6 heteroatoms. The van der Waals surface area contributed by atoms with Gasteiger partial charge in [-0.15, -0.1) is 0 Å². The Hall–Kier alpha value is -11.3. The van der Waals surface area contributed by atoms with E-state index in [0.29, 0.717) is 0 Å². The molecule has 0 unspecified atom stereocenters. The van der Waals surface area contributed by atoms with Gasteiger partial charge in [-0.3, -0.25) is 0 Å². The summed E-state index contributed by atoms with van der Waals surface area (Å²) in [6.07, 6.45) is 0. The molecule has 6 nitrogen and oxygen atoms in total. The normalized spacial score (nSPS) is 11.0. The molecule has 0 fully saturated rings. The van der Waals surface area contributed by atoms with Crippen molar-refractivity contribution >= 4 is 56.9 Å². The Balaban J connectivity index is 0.879. The fourth-order valence-corrected chi connectivity index (χ4v) is 12.3. The molecule has 0 bridgehead atoms. The number of benzene rings is 13. The second kappa shape index (κ2) is 29.8. The van der Waals surface area contributed by atoms with Crippen LogP contribution in [0.4, 0.5) is 56.9 Å². The number of anilines is 10. The molecule has 0 aliphatic rings. The van der Waals surface area contributed by atoms with Crippen LogP contribution in [0.15, 0.2) is 364 Å². The largest absolute Gasteiger partial charge is 0.363 e. The number of nitrogens with zero attached hydrogens (tertiary/aromatic N) is 6. The highest BCUT2D eigenvalue weighted by molar-refractivity contribution is 5.83. The summed E-state index contributed by atoms with van der Waals surface area (Å²) in [5.41, 5.74) is 21.1. The Morgan fingerprint density at radius 1 is 0.120 bits per heavy atom. The molecule has 0 saturated carbocycles. The average molecular weight is 1190 g/mol. The molecule has 13 aromatic rings. The van der Waals surface area contributed by atoms with E-state index in [4.69, 9.17) is 0 Å². The molecule has 0 aliphatic heterocycles. The molecule has 92 heavy (non-hydrogen) atoms. The van der Waals surface area contributed by atoms with Gasteiger partial charge in [0, 0.05) is 109 Å². The van der Waals surface area contributed by atoms with Crippen LogP contribution in [0.2, 0.25) is 0 Å². The van der Waals surface area contributed by atoms with Gasteiger partial charge in [0.15, 0.2) is 0 Å².